The molecule has 1 aromatic carbocycles. The first kappa shape index (κ1) is 13.3. The van der Waals surface area contributed by atoms with Gasteiger partial charge in [-0.25, -0.2) is 0 Å². The van der Waals surface area contributed by atoms with Gasteiger partial charge in [0.1, 0.15) is 0 Å². The molecule has 0 saturated carbocycles. The van der Waals surface area contributed by atoms with Crippen molar-refractivity contribution in [2.24, 2.45) is 5.73 Å². The molecule has 104 valence electrons. The fourth-order valence-corrected chi connectivity index (χ4v) is 3.60. The maximum atomic E-state index is 11.6. The molecule has 0 spiro atoms. The number of nitrogens with one attached hydrogen (secondary N) is 1. The van der Waals surface area contributed by atoms with E-state index in [0.29, 0.717) is 6.42 Å². The second kappa shape index (κ2) is 5.38. The number of anilines is 1. The summed E-state index contributed by atoms with van der Waals surface area (Å²) in [5, 5.41) is 5.04. The van der Waals surface area contributed by atoms with Gasteiger partial charge in [0.05, 0.1) is 6.04 Å². The summed E-state index contributed by atoms with van der Waals surface area (Å²) in [5.41, 5.74) is 10.9. The third-order valence-electron chi connectivity index (χ3n) is 3.80. The summed E-state index contributed by atoms with van der Waals surface area (Å²) in [6.45, 7) is 2.09. The quantitative estimate of drug-likeness (QED) is 0.889. The lowest BCUT2D eigenvalue weighted by atomic mass is 9.98. The largest absolute Gasteiger partial charge is 0.326 e. The molecular weight excluding hydrogens is 268 g/mol. The summed E-state index contributed by atoms with van der Waals surface area (Å²) in [5.74, 6) is 0.106. The van der Waals surface area contributed by atoms with Crippen LogP contribution in [0.5, 0.6) is 0 Å². The fraction of sp³-hybridized carbons (Fsp3) is 0.312. The normalized spacial score (nSPS) is 16.2. The molecule has 3 N–H and O–H groups in total. The van der Waals surface area contributed by atoms with Crippen LogP contribution in [0.25, 0.3) is 0 Å². The standard InChI is InChI=1S/C16H18N2OS/c1-10-7-8-20-16(10)15(17)12-5-6-13-11(9-12)3-2-4-14(19)18-13/h5-9,15H,2-4,17H2,1H3,(H,18,19). The molecule has 1 aliphatic rings. The number of aryl methyl sites for hydroxylation is 2. The molecular formula is C16H18N2OS. The van der Waals surface area contributed by atoms with Gasteiger partial charge in [0.2, 0.25) is 5.91 Å². The van der Waals surface area contributed by atoms with E-state index in [9.17, 15) is 4.79 Å². The molecule has 0 fully saturated rings. The second-order valence-electron chi connectivity index (χ2n) is 5.26. The highest BCUT2D eigenvalue weighted by Crippen LogP contribution is 2.31. The molecule has 0 bridgehead atoms. The third kappa shape index (κ3) is 2.49. The summed E-state index contributed by atoms with van der Waals surface area (Å²) < 4.78 is 0. The Morgan fingerprint density at radius 3 is 2.90 bits per heavy atom. The fourth-order valence-electron chi connectivity index (χ4n) is 2.64. The molecule has 1 aromatic heterocycles. The third-order valence-corrected chi connectivity index (χ3v) is 4.90. The van der Waals surface area contributed by atoms with Crippen molar-refractivity contribution in [3.05, 3.63) is 51.2 Å². The molecule has 1 unspecified atom stereocenters. The minimum absolute atomic E-state index is 0.0840. The summed E-state index contributed by atoms with van der Waals surface area (Å²) in [6, 6.07) is 8.17. The van der Waals surface area contributed by atoms with Gasteiger partial charge in [-0.3, -0.25) is 4.79 Å². The number of carbonyl (C=O) groups excluding carboxylic acids is 1. The van der Waals surface area contributed by atoms with Crippen molar-refractivity contribution in [2.45, 2.75) is 32.2 Å². The average molecular weight is 286 g/mol. The van der Waals surface area contributed by atoms with E-state index in [1.54, 1.807) is 11.3 Å². The predicted octanol–water partition coefficient (Wildman–Crippen LogP) is 3.38. The van der Waals surface area contributed by atoms with Crippen LogP contribution >= 0.6 is 11.3 Å². The first-order valence-corrected chi connectivity index (χ1v) is 7.75. The Labute approximate surface area is 122 Å². The number of carbonyl (C=O) groups is 1. The van der Waals surface area contributed by atoms with E-state index in [4.69, 9.17) is 5.73 Å². The Morgan fingerprint density at radius 2 is 2.15 bits per heavy atom. The number of fused-ring (bicyclic) bond motifs is 1. The Bertz CT molecular complexity index is 648. The molecule has 1 atom stereocenters. The summed E-state index contributed by atoms with van der Waals surface area (Å²) >= 11 is 1.70. The molecule has 3 rings (SSSR count). The lowest BCUT2D eigenvalue weighted by molar-refractivity contribution is -0.116. The van der Waals surface area contributed by atoms with Crippen LogP contribution in [-0.4, -0.2) is 5.91 Å². The molecule has 0 saturated heterocycles. The van der Waals surface area contributed by atoms with Crippen molar-refractivity contribution in [3.8, 4) is 0 Å². The first-order chi connectivity index (χ1) is 9.65. The SMILES string of the molecule is Cc1ccsc1C(N)c1ccc2c(c1)CCCC(=O)N2. The summed E-state index contributed by atoms with van der Waals surface area (Å²) in [7, 11) is 0. The second-order valence-corrected chi connectivity index (χ2v) is 6.21. The van der Waals surface area contributed by atoms with Crippen molar-refractivity contribution < 1.29 is 4.79 Å². The summed E-state index contributed by atoms with van der Waals surface area (Å²) in [4.78, 5) is 12.8. The van der Waals surface area contributed by atoms with Gasteiger partial charge in [-0.05, 0) is 54.0 Å². The minimum atomic E-state index is -0.0840. The number of benzene rings is 1. The maximum absolute atomic E-state index is 11.6. The molecule has 4 heteroatoms. The highest BCUT2D eigenvalue weighted by atomic mass is 32.1. The maximum Gasteiger partial charge on any atom is 0.224 e. The van der Waals surface area contributed by atoms with Crippen molar-refractivity contribution in [2.75, 3.05) is 5.32 Å². The highest BCUT2D eigenvalue weighted by Gasteiger charge is 2.17. The molecule has 3 nitrogen and oxygen atoms in total. The van der Waals surface area contributed by atoms with Crippen LogP contribution in [-0.2, 0) is 11.2 Å². The van der Waals surface area contributed by atoms with Crippen LogP contribution in [0, 0.1) is 6.92 Å². The van der Waals surface area contributed by atoms with Gasteiger partial charge < -0.3 is 11.1 Å². The van der Waals surface area contributed by atoms with E-state index in [1.165, 1.54) is 16.0 Å². The van der Waals surface area contributed by atoms with E-state index >= 15 is 0 Å². The van der Waals surface area contributed by atoms with Crippen LogP contribution in [0.2, 0.25) is 0 Å². The molecule has 1 amide bonds. The monoisotopic (exact) mass is 286 g/mol. The van der Waals surface area contributed by atoms with Gasteiger partial charge in [-0.15, -0.1) is 11.3 Å². The zero-order valence-corrected chi connectivity index (χ0v) is 12.3. The van der Waals surface area contributed by atoms with Crippen LogP contribution in [0.1, 0.15) is 40.5 Å². The number of rotatable bonds is 2. The number of hydrogen-bond donors (Lipinski definition) is 2. The molecule has 1 aliphatic heterocycles. The van der Waals surface area contributed by atoms with E-state index < -0.39 is 0 Å². The number of thiophene rings is 1. The molecule has 20 heavy (non-hydrogen) atoms. The van der Waals surface area contributed by atoms with E-state index in [-0.39, 0.29) is 11.9 Å². The lowest BCUT2D eigenvalue weighted by Gasteiger charge is -2.15. The lowest BCUT2D eigenvalue weighted by Crippen LogP contribution is -2.13. The minimum Gasteiger partial charge on any atom is -0.326 e. The van der Waals surface area contributed by atoms with Crippen molar-refractivity contribution in [3.63, 3.8) is 0 Å². The summed E-state index contributed by atoms with van der Waals surface area (Å²) in [6.07, 6.45) is 2.42. The number of hydrogen-bond acceptors (Lipinski definition) is 3. The Kier molecular flexibility index (Phi) is 3.59. The van der Waals surface area contributed by atoms with Crippen LogP contribution in [0.4, 0.5) is 5.69 Å². The van der Waals surface area contributed by atoms with Gasteiger partial charge in [0.25, 0.3) is 0 Å². The van der Waals surface area contributed by atoms with Gasteiger partial charge in [-0.1, -0.05) is 12.1 Å². The zero-order valence-electron chi connectivity index (χ0n) is 11.5. The smallest absolute Gasteiger partial charge is 0.224 e. The van der Waals surface area contributed by atoms with Crippen LogP contribution in [0.15, 0.2) is 29.6 Å². The highest BCUT2D eigenvalue weighted by molar-refractivity contribution is 7.10. The Hall–Kier alpha value is -1.65. The van der Waals surface area contributed by atoms with Crippen molar-refractivity contribution in [1.82, 2.24) is 0 Å². The molecule has 2 aromatic rings. The molecule has 0 aliphatic carbocycles. The Morgan fingerprint density at radius 1 is 1.30 bits per heavy atom. The number of nitrogens with two attached hydrogens (primary N) is 1. The van der Waals surface area contributed by atoms with Crippen molar-refractivity contribution >= 4 is 22.9 Å². The van der Waals surface area contributed by atoms with Crippen LogP contribution < -0.4 is 11.1 Å². The van der Waals surface area contributed by atoms with E-state index in [1.807, 2.05) is 12.1 Å². The molecule has 2 heterocycles. The van der Waals surface area contributed by atoms with Crippen LogP contribution in [0.3, 0.4) is 0 Å². The first-order valence-electron chi connectivity index (χ1n) is 6.87. The molecule has 0 radical (unpaired) electrons. The number of amides is 1. The van der Waals surface area contributed by atoms with E-state index in [0.717, 1.165) is 24.1 Å². The van der Waals surface area contributed by atoms with Gasteiger partial charge in [0.15, 0.2) is 0 Å². The van der Waals surface area contributed by atoms with Gasteiger partial charge in [0, 0.05) is 17.0 Å². The van der Waals surface area contributed by atoms with Gasteiger partial charge >= 0.3 is 0 Å². The van der Waals surface area contributed by atoms with E-state index in [2.05, 4.69) is 29.8 Å². The van der Waals surface area contributed by atoms with Crippen molar-refractivity contribution in [1.29, 1.82) is 0 Å². The average Bonchev–Trinajstić information content (AvgIpc) is 2.76. The topological polar surface area (TPSA) is 55.1 Å². The zero-order chi connectivity index (χ0) is 14.1. The van der Waals surface area contributed by atoms with Gasteiger partial charge in [-0.2, -0.15) is 0 Å². The predicted molar refractivity (Wildman–Crippen MR) is 83.1 cm³/mol. The Balaban J connectivity index is 1.94.